The zero-order valence-electron chi connectivity index (χ0n) is 25.3. The number of hydrogen-bond donors (Lipinski definition) is 2. The van der Waals surface area contributed by atoms with Crippen LogP contribution in [0.5, 0.6) is 0 Å². The molecule has 226 valence electrons. The van der Waals surface area contributed by atoms with E-state index in [4.69, 9.17) is 4.74 Å². The SMILES string of the molecule is C=CCOC(=O)C(C)CC(Cc1ccccc1)NC(=O)c1csc(C(O)CC(C(C)C)N(C)C(=O)C[C@@H](C)CC)n1. The van der Waals surface area contributed by atoms with E-state index in [9.17, 15) is 19.5 Å². The summed E-state index contributed by atoms with van der Waals surface area (Å²) in [5.41, 5.74) is 1.25. The van der Waals surface area contributed by atoms with Crippen LogP contribution in [0.15, 0.2) is 48.4 Å². The molecule has 5 atom stereocenters. The maximum Gasteiger partial charge on any atom is 0.309 e. The van der Waals surface area contributed by atoms with Crippen molar-refractivity contribution < 1.29 is 24.2 Å². The topological polar surface area (TPSA) is 109 Å². The van der Waals surface area contributed by atoms with E-state index in [1.165, 1.54) is 17.4 Å². The molecule has 0 aliphatic carbocycles. The summed E-state index contributed by atoms with van der Waals surface area (Å²) in [7, 11) is 1.80. The average Bonchev–Trinajstić information content (AvgIpc) is 3.45. The molecule has 2 amide bonds. The second-order valence-corrected chi connectivity index (χ2v) is 12.2. The molecule has 8 nitrogen and oxygen atoms in total. The van der Waals surface area contributed by atoms with Crippen molar-refractivity contribution in [3.8, 4) is 0 Å². The van der Waals surface area contributed by atoms with Crippen molar-refractivity contribution in [3.05, 3.63) is 64.6 Å². The summed E-state index contributed by atoms with van der Waals surface area (Å²) in [5, 5.41) is 16.1. The molecule has 41 heavy (non-hydrogen) atoms. The van der Waals surface area contributed by atoms with Gasteiger partial charge in [0, 0.05) is 37.4 Å². The molecule has 2 N–H and O–H groups in total. The summed E-state index contributed by atoms with van der Waals surface area (Å²) in [5.74, 6) is -0.634. The number of aromatic nitrogens is 1. The van der Waals surface area contributed by atoms with Gasteiger partial charge in [-0.3, -0.25) is 14.4 Å². The van der Waals surface area contributed by atoms with Gasteiger partial charge in [0.1, 0.15) is 23.4 Å². The van der Waals surface area contributed by atoms with Crippen molar-refractivity contribution in [2.75, 3.05) is 13.7 Å². The van der Waals surface area contributed by atoms with Crippen LogP contribution in [0, 0.1) is 17.8 Å². The molecular formula is C32H47N3O5S. The summed E-state index contributed by atoms with van der Waals surface area (Å²) >= 11 is 1.22. The van der Waals surface area contributed by atoms with Crippen LogP contribution in [-0.4, -0.2) is 58.5 Å². The highest BCUT2D eigenvalue weighted by molar-refractivity contribution is 7.09. The van der Waals surface area contributed by atoms with Gasteiger partial charge in [-0.05, 0) is 30.2 Å². The first-order valence-electron chi connectivity index (χ1n) is 14.5. The van der Waals surface area contributed by atoms with Crippen LogP contribution in [0.2, 0.25) is 0 Å². The van der Waals surface area contributed by atoms with Crippen LogP contribution < -0.4 is 5.32 Å². The van der Waals surface area contributed by atoms with Crippen molar-refractivity contribution in [2.24, 2.45) is 17.8 Å². The Morgan fingerprint density at radius 2 is 1.83 bits per heavy atom. The van der Waals surface area contributed by atoms with Gasteiger partial charge in [0.2, 0.25) is 5.91 Å². The first kappa shape index (κ1) is 34.2. The van der Waals surface area contributed by atoms with E-state index in [0.29, 0.717) is 36.6 Å². The van der Waals surface area contributed by atoms with Crippen LogP contribution >= 0.6 is 11.3 Å². The number of amides is 2. The van der Waals surface area contributed by atoms with Gasteiger partial charge in [-0.1, -0.05) is 84.0 Å². The minimum absolute atomic E-state index is 0.0662. The molecule has 9 heteroatoms. The minimum Gasteiger partial charge on any atom is -0.461 e. The molecule has 0 saturated heterocycles. The second kappa shape index (κ2) is 17.0. The maximum absolute atomic E-state index is 13.2. The first-order valence-corrected chi connectivity index (χ1v) is 15.4. The number of aliphatic hydroxyl groups excluding tert-OH is 1. The number of carbonyl (C=O) groups is 3. The van der Waals surface area contributed by atoms with E-state index < -0.39 is 12.0 Å². The lowest BCUT2D eigenvalue weighted by molar-refractivity contribution is -0.147. The molecule has 1 aromatic heterocycles. The van der Waals surface area contributed by atoms with Gasteiger partial charge in [0.15, 0.2) is 0 Å². The Balaban J connectivity index is 2.11. The van der Waals surface area contributed by atoms with E-state index in [1.807, 2.05) is 44.2 Å². The fourth-order valence-electron chi connectivity index (χ4n) is 4.68. The molecule has 1 aromatic carbocycles. The van der Waals surface area contributed by atoms with Gasteiger partial charge in [0.25, 0.3) is 5.91 Å². The molecular weight excluding hydrogens is 538 g/mol. The van der Waals surface area contributed by atoms with Crippen LogP contribution in [0.1, 0.15) is 87.5 Å². The number of benzene rings is 1. The molecule has 0 aliphatic rings. The fourth-order valence-corrected chi connectivity index (χ4v) is 5.48. The smallest absolute Gasteiger partial charge is 0.309 e. The zero-order valence-corrected chi connectivity index (χ0v) is 26.2. The van der Waals surface area contributed by atoms with Gasteiger partial charge in [-0.15, -0.1) is 11.3 Å². The average molecular weight is 586 g/mol. The summed E-state index contributed by atoms with van der Waals surface area (Å²) < 4.78 is 5.19. The highest BCUT2D eigenvalue weighted by Gasteiger charge is 2.29. The third-order valence-electron chi connectivity index (χ3n) is 7.43. The van der Waals surface area contributed by atoms with Crippen molar-refractivity contribution in [1.29, 1.82) is 0 Å². The lowest BCUT2D eigenvalue weighted by atomic mass is 9.95. The van der Waals surface area contributed by atoms with E-state index in [2.05, 4.69) is 30.7 Å². The third kappa shape index (κ3) is 11.0. The fraction of sp³-hybridized carbons (Fsp3) is 0.562. The normalized spacial score (nSPS) is 14.9. The third-order valence-corrected chi connectivity index (χ3v) is 8.37. The summed E-state index contributed by atoms with van der Waals surface area (Å²) in [6.07, 6.45) is 3.28. The Morgan fingerprint density at radius 3 is 2.44 bits per heavy atom. The van der Waals surface area contributed by atoms with Crippen molar-refractivity contribution in [1.82, 2.24) is 15.2 Å². The van der Waals surface area contributed by atoms with Crippen molar-refractivity contribution in [2.45, 2.75) is 84.9 Å². The maximum atomic E-state index is 13.2. The summed E-state index contributed by atoms with van der Waals surface area (Å²) in [6, 6.07) is 9.26. The van der Waals surface area contributed by atoms with Gasteiger partial charge in [-0.25, -0.2) is 4.98 Å². The Labute approximate surface area is 249 Å². The van der Waals surface area contributed by atoms with Crippen molar-refractivity contribution in [3.63, 3.8) is 0 Å². The Bertz CT molecular complexity index is 1120. The van der Waals surface area contributed by atoms with Crippen molar-refractivity contribution >= 4 is 29.1 Å². The number of hydrogen-bond acceptors (Lipinski definition) is 7. The molecule has 0 bridgehead atoms. The first-order chi connectivity index (χ1) is 19.5. The zero-order chi connectivity index (χ0) is 30.5. The summed E-state index contributed by atoms with van der Waals surface area (Å²) in [4.78, 5) is 44.6. The number of carbonyl (C=O) groups excluding carboxylic acids is 3. The van der Waals surface area contributed by atoms with Crippen LogP contribution in [0.25, 0.3) is 0 Å². The lowest BCUT2D eigenvalue weighted by Crippen LogP contribution is -2.42. The van der Waals surface area contributed by atoms with Gasteiger partial charge in [-0.2, -0.15) is 0 Å². The predicted octanol–water partition coefficient (Wildman–Crippen LogP) is 5.58. The highest BCUT2D eigenvalue weighted by Crippen LogP contribution is 2.28. The number of esters is 1. The van der Waals surface area contributed by atoms with Crippen LogP contribution in [-0.2, 0) is 20.7 Å². The number of nitrogens with zero attached hydrogens (tertiary/aromatic N) is 2. The molecule has 1 heterocycles. The van der Waals surface area contributed by atoms with Crippen LogP contribution in [0.4, 0.5) is 0 Å². The second-order valence-electron chi connectivity index (χ2n) is 11.3. The van der Waals surface area contributed by atoms with Gasteiger partial charge < -0.3 is 20.1 Å². The molecule has 4 unspecified atom stereocenters. The number of ether oxygens (including phenoxy) is 1. The standard InChI is InChI=1S/C32H47N3O5S/c1-8-15-40-32(39)23(6)17-25(18-24-13-11-10-12-14-24)33-30(38)26-20-41-31(34-26)28(36)19-27(21(3)4)35(7)29(37)16-22(5)9-2/h8,10-14,20-23,25,27-28,36H,1,9,15-19H2,2-7H3,(H,33,38)/t22-,23?,25?,27?,28?/m0/s1. The largest absolute Gasteiger partial charge is 0.461 e. The predicted molar refractivity (Wildman–Crippen MR) is 163 cm³/mol. The van der Waals surface area contributed by atoms with E-state index >= 15 is 0 Å². The number of rotatable bonds is 17. The molecule has 2 aromatic rings. The van der Waals surface area contributed by atoms with E-state index in [0.717, 1.165) is 12.0 Å². The molecule has 2 rings (SSSR count). The van der Waals surface area contributed by atoms with E-state index in [-0.39, 0.29) is 48.1 Å². The Kier molecular flexibility index (Phi) is 14.2. The number of aliphatic hydroxyl groups is 1. The molecule has 0 radical (unpaired) electrons. The molecule has 0 aliphatic heterocycles. The lowest BCUT2D eigenvalue weighted by Gasteiger charge is -2.33. The monoisotopic (exact) mass is 585 g/mol. The Hall–Kier alpha value is -3.04. The van der Waals surface area contributed by atoms with Gasteiger partial charge in [0.05, 0.1) is 5.92 Å². The number of nitrogens with one attached hydrogen (secondary N) is 1. The minimum atomic E-state index is -0.910. The van der Waals surface area contributed by atoms with Gasteiger partial charge >= 0.3 is 5.97 Å². The quantitative estimate of drug-likeness (QED) is 0.185. The molecule has 0 saturated carbocycles. The van der Waals surface area contributed by atoms with Crippen LogP contribution in [0.3, 0.4) is 0 Å². The molecule has 0 fully saturated rings. The Morgan fingerprint density at radius 1 is 1.15 bits per heavy atom. The summed E-state index contributed by atoms with van der Waals surface area (Å²) in [6.45, 7) is 13.7. The molecule has 0 spiro atoms. The van der Waals surface area contributed by atoms with E-state index in [1.54, 1.807) is 24.3 Å². The highest BCUT2D eigenvalue weighted by atomic mass is 32.1. The number of thiazole rings is 1.